The summed E-state index contributed by atoms with van der Waals surface area (Å²) < 4.78 is 0. The normalized spacial score (nSPS) is 26.8. The second kappa shape index (κ2) is 4.80. The molecule has 3 heteroatoms. The number of nitrogens with one attached hydrogen (secondary N) is 1. The SMILES string of the molecule is CCCCC1CN(CC)NN1C. The number of hydrazine groups is 2. The summed E-state index contributed by atoms with van der Waals surface area (Å²) in [6, 6.07) is 0.713. The minimum absolute atomic E-state index is 0.713. The monoisotopic (exact) mass is 171 g/mol. The molecule has 0 aromatic heterocycles. The van der Waals surface area contributed by atoms with Crippen LogP contribution in [0.4, 0.5) is 0 Å². The molecule has 72 valence electrons. The minimum Gasteiger partial charge on any atom is -0.229 e. The molecule has 0 spiro atoms. The molecule has 3 nitrogen and oxygen atoms in total. The van der Waals surface area contributed by atoms with Crippen molar-refractivity contribution in [1.82, 2.24) is 15.6 Å². The van der Waals surface area contributed by atoms with Gasteiger partial charge >= 0.3 is 0 Å². The number of unbranched alkanes of at least 4 members (excludes halogenated alkanes) is 1. The molecule has 1 fully saturated rings. The Hall–Kier alpha value is -0.120. The highest BCUT2D eigenvalue weighted by Gasteiger charge is 2.24. The number of hydrogen-bond acceptors (Lipinski definition) is 3. The van der Waals surface area contributed by atoms with E-state index in [1.54, 1.807) is 0 Å². The number of likely N-dealkylation sites (N-methyl/N-ethyl adjacent to an activating group) is 2. The summed E-state index contributed by atoms with van der Waals surface area (Å²) in [6.07, 6.45) is 3.96. The Kier molecular flexibility index (Phi) is 3.98. The Bertz CT molecular complexity index is 127. The van der Waals surface area contributed by atoms with Gasteiger partial charge in [0.1, 0.15) is 0 Å². The maximum atomic E-state index is 3.33. The zero-order valence-electron chi connectivity index (χ0n) is 8.51. The molecule has 0 bridgehead atoms. The van der Waals surface area contributed by atoms with Gasteiger partial charge in [-0.25, -0.2) is 10.0 Å². The van der Waals surface area contributed by atoms with E-state index in [2.05, 4.69) is 36.4 Å². The summed E-state index contributed by atoms with van der Waals surface area (Å²) in [4.78, 5) is 0. The molecule has 1 atom stereocenters. The first-order valence-corrected chi connectivity index (χ1v) is 5.02. The van der Waals surface area contributed by atoms with E-state index >= 15 is 0 Å². The highest BCUT2D eigenvalue weighted by molar-refractivity contribution is 4.74. The summed E-state index contributed by atoms with van der Waals surface area (Å²) in [6.45, 7) is 6.70. The van der Waals surface area contributed by atoms with Gasteiger partial charge < -0.3 is 0 Å². The van der Waals surface area contributed by atoms with Gasteiger partial charge in [0, 0.05) is 26.2 Å². The fourth-order valence-electron chi connectivity index (χ4n) is 1.65. The van der Waals surface area contributed by atoms with Gasteiger partial charge in [-0.05, 0) is 6.42 Å². The molecule has 0 saturated carbocycles. The van der Waals surface area contributed by atoms with E-state index in [0.717, 1.165) is 6.54 Å². The lowest BCUT2D eigenvalue weighted by atomic mass is 10.1. The maximum absolute atomic E-state index is 3.33. The third kappa shape index (κ3) is 2.44. The van der Waals surface area contributed by atoms with E-state index in [0.29, 0.717) is 6.04 Å². The Morgan fingerprint density at radius 1 is 1.42 bits per heavy atom. The van der Waals surface area contributed by atoms with Gasteiger partial charge in [0.2, 0.25) is 0 Å². The Balaban J connectivity index is 2.25. The molecule has 1 aliphatic rings. The average Bonchev–Trinajstić information content (AvgIpc) is 2.43. The molecule has 0 amide bonds. The van der Waals surface area contributed by atoms with Crippen LogP contribution in [0, 0.1) is 0 Å². The molecule has 0 radical (unpaired) electrons. The van der Waals surface area contributed by atoms with Gasteiger partial charge in [0.15, 0.2) is 0 Å². The van der Waals surface area contributed by atoms with Crippen LogP contribution in [0.2, 0.25) is 0 Å². The van der Waals surface area contributed by atoms with E-state index in [-0.39, 0.29) is 0 Å². The van der Waals surface area contributed by atoms with Crippen molar-refractivity contribution in [1.29, 1.82) is 0 Å². The first-order chi connectivity index (χ1) is 5.77. The van der Waals surface area contributed by atoms with Crippen LogP contribution in [-0.2, 0) is 0 Å². The lowest BCUT2D eigenvalue weighted by Crippen LogP contribution is -2.38. The van der Waals surface area contributed by atoms with E-state index in [4.69, 9.17) is 0 Å². The van der Waals surface area contributed by atoms with Gasteiger partial charge in [0.25, 0.3) is 0 Å². The topological polar surface area (TPSA) is 18.5 Å². The zero-order chi connectivity index (χ0) is 8.97. The number of hydrogen-bond donors (Lipinski definition) is 1. The number of nitrogens with zero attached hydrogens (tertiary/aromatic N) is 2. The molecule has 0 aliphatic carbocycles. The van der Waals surface area contributed by atoms with Gasteiger partial charge in [0.05, 0.1) is 0 Å². The third-order valence-electron chi connectivity index (χ3n) is 2.55. The Labute approximate surface area is 75.7 Å². The van der Waals surface area contributed by atoms with Crippen LogP contribution in [-0.4, -0.2) is 36.2 Å². The molecule has 1 unspecified atom stereocenters. The van der Waals surface area contributed by atoms with Crippen LogP contribution in [0.15, 0.2) is 0 Å². The van der Waals surface area contributed by atoms with Crippen LogP contribution in [0.5, 0.6) is 0 Å². The first kappa shape index (κ1) is 9.96. The van der Waals surface area contributed by atoms with Crippen LogP contribution in [0.1, 0.15) is 33.1 Å². The molecule has 1 aliphatic heterocycles. The van der Waals surface area contributed by atoms with Gasteiger partial charge in [-0.3, -0.25) is 0 Å². The van der Waals surface area contributed by atoms with Crippen LogP contribution in [0.25, 0.3) is 0 Å². The van der Waals surface area contributed by atoms with E-state index in [1.165, 1.54) is 25.8 Å². The number of rotatable bonds is 4. The van der Waals surface area contributed by atoms with Crippen molar-refractivity contribution in [3.05, 3.63) is 0 Å². The quantitative estimate of drug-likeness (QED) is 0.686. The van der Waals surface area contributed by atoms with Crippen molar-refractivity contribution in [2.24, 2.45) is 0 Å². The van der Waals surface area contributed by atoms with Crippen LogP contribution in [0.3, 0.4) is 0 Å². The average molecular weight is 171 g/mol. The van der Waals surface area contributed by atoms with E-state index in [1.807, 2.05) is 0 Å². The summed E-state index contributed by atoms with van der Waals surface area (Å²) in [7, 11) is 2.13. The molecule has 12 heavy (non-hydrogen) atoms. The predicted octanol–water partition coefficient (Wildman–Crippen LogP) is 1.23. The first-order valence-electron chi connectivity index (χ1n) is 5.02. The zero-order valence-corrected chi connectivity index (χ0v) is 8.51. The summed E-state index contributed by atoms with van der Waals surface area (Å²) in [5.41, 5.74) is 3.33. The molecular formula is C9H21N3. The summed E-state index contributed by atoms with van der Waals surface area (Å²) >= 11 is 0. The van der Waals surface area contributed by atoms with Crippen LogP contribution >= 0.6 is 0 Å². The highest BCUT2D eigenvalue weighted by Crippen LogP contribution is 2.11. The predicted molar refractivity (Wildman–Crippen MR) is 51.5 cm³/mol. The van der Waals surface area contributed by atoms with Crippen molar-refractivity contribution in [2.75, 3.05) is 20.1 Å². The van der Waals surface area contributed by atoms with E-state index < -0.39 is 0 Å². The molecule has 0 aromatic rings. The van der Waals surface area contributed by atoms with Crippen LogP contribution < -0.4 is 5.53 Å². The molecule has 1 rings (SSSR count). The van der Waals surface area contributed by atoms with Gasteiger partial charge in [-0.2, -0.15) is 5.53 Å². The third-order valence-corrected chi connectivity index (χ3v) is 2.55. The fraction of sp³-hybridized carbons (Fsp3) is 1.00. The smallest absolute Gasteiger partial charge is 0.0395 e. The lowest BCUT2D eigenvalue weighted by Gasteiger charge is -2.16. The van der Waals surface area contributed by atoms with E-state index in [9.17, 15) is 0 Å². The fourth-order valence-corrected chi connectivity index (χ4v) is 1.65. The lowest BCUT2D eigenvalue weighted by molar-refractivity contribution is 0.134. The summed E-state index contributed by atoms with van der Waals surface area (Å²) in [5, 5.41) is 4.50. The Morgan fingerprint density at radius 2 is 2.17 bits per heavy atom. The second-order valence-electron chi connectivity index (χ2n) is 3.55. The van der Waals surface area contributed by atoms with Gasteiger partial charge in [-0.1, -0.05) is 26.7 Å². The minimum atomic E-state index is 0.713. The summed E-state index contributed by atoms with van der Waals surface area (Å²) in [5.74, 6) is 0. The molecule has 1 N–H and O–H groups in total. The maximum Gasteiger partial charge on any atom is 0.0395 e. The Morgan fingerprint density at radius 3 is 2.67 bits per heavy atom. The highest BCUT2D eigenvalue weighted by atomic mass is 15.8. The van der Waals surface area contributed by atoms with Crippen molar-refractivity contribution in [3.8, 4) is 0 Å². The van der Waals surface area contributed by atoms with Crippen molar-refractivity contribution < 1.29 is 0 Å². The van der Waals surface area contributed by atoms with Crippen molar-refractivity contribution in [3.63, 3.8) is 0 Å². The molecular weight excluding hydrogens is 150 g/mol. The second-order valence-corrected chi connectivity index (χ2v) is 3.55. The molecule has 1 saturated heterocycles. The molecule has 0 aromatic carbocycles. The van der Waals surface area contributed by atoms with Crippen molar-refractivity contribution >= 4 is 0 Å². The largest absolute Gasteiger partial charge is 0.229 e. The molecule has 1 heterocycles. The van der Waals surface area contributed by atoms with Crippen molar-refractivity contribution in [2.45, 2.75) is 39.2 Å². The standard InChI is InChI=1S/C9H21N3/c1-4-6-7-9-8-12(5-2)10-11(9)3/h9-10H,4-8H2,1-3H3. The van der Waals surface area contributed by atoms with Gasteiger partial charge in [-0.15, -0.1) is 0 Å².